The highest BCUT2D eigenvalue weighted by Crippen LogP contribution is 2.25. The quantitative estimate of drug-likeness (QED) is 0.759. The van der Waals surface area contributed by atoms with Crippen molar-refractivity contribution in [3.05, 3.63) is 28.2 Å². The van der Waals surface area contributed by atoms with E-state index in [0.29, 0.717) is 12.1 Å². The Morgan fingerprint density at radius 1 is 1.19 bits per heavy atom. The van der Waals surface area contributed by atoms with Gasteiger partial charge in [0.25, 0.3) is 0 Å². The molecule has 1 aromatic rings. The Hall–Kier alpha value is -0.620. The van der Waals surface area contributed by atoms with E-state index < -0.39 is 0 Å². The molecule has 21 heavy (non-hydrogen) atoms. The molecular formula is C16H22BrNO3. The summed E-state index contributed by atoms with van der Waals surface area (Å²) in [5.41, 5.74) is 1.16. The minimum absolute atomic E-state index is 0.421. The summed E-state index contributed by atoms with van der Waals surface area (Å²) in [4.78, 5) is 2.53. The van der Waals surface area contributed by atoms with Crippen LogP contribution < -0.4 is 4.74 Å². The van der Waals surface area contributed by atoms with Gasteiger partial charge in [0, 0.05) is 16.6 Å². The minimum atomic E-state index is 0.421. The van der Waals surface area contributed by atoms with Gasteiger partial charge in [0.1, 0.15) is 5.75 Å². The van der Waals surface area contributed by atoms with E-state index in [2.05, 4.69) is 27.8 Å². The zero-order valence-corrected chi connectivity index (χ0v) is 14.0. The minimum Gasteiger partial charge on any atom is -0.493 e. The van der Waals surface area contributed by atoms with Crippen molar-refractivity contribution in [1.82, 2.24) is 4.90 Å². The summed E-state index contributed by atoms with van der Waals surface area (Å²) >= 11 is 3.53. The summed E-state index contributed by atoms with van der Waals surface area (Å²) in [5.74, 6) is 0.967. The molecule has 116 valence electrons. The van der Waals surface area contributed by atoms with Gasteiger partial charge in [0.2, 0.25) is 0 Å². The molecule has 0 N–H and O–H groups in total. The van der Waals surface area contributed by atoms with E-state index in [9.17, 15) is 0 Å². The lowest BCUT2D eigenvalue weighted by atomic mass is 10.1. The van der Waals surface area contributed by atoms with Gasteiger partial charge in [-0.25, -0.2) is 0 Å². The van der Waals surface area contributed by atoms with Crippen LogP contribution in [0.2, 0.25) is 0 Å². The molecule has 0 radical (unpaired) electrons. The Kier molecular flexibility index (Phi) is 5.16. The molecule has 2 fully saturated rings. The summed E-state index contributed by atoms with van der Waals surface area (Å²) < 4.78 is 18.2. The molecule has 0 spiro atoms. The number of hydrogen-bond donors (Lipinski definition) is 0. The van der Waals surface area contributed by atoms with Crippen LogP contribution in [0.15, 0.2) is 22.7 Å². The molecule has 0 aliphatic carbocycles. The zero-order valence-electron chi connectivity index (χ0n) is 12.4. The zero-order chi connectivity index (χ0) is 14.7. The van der Waals surface area contributed by atoms with Gasteiger partial charge >= 0.3 is 0 Å². The second-order valence-electron chi connectivity index (χ2n) is 5.69. The number of benzene rings is 1. The molecule has 0 aromatic heterocycles. The van der Waals surface area contributed by atoms with Crippen molar-refractivity contribution >= 4 is 15.9 Å². The number of halogens is 1. The number of morpholine rings is 2. The van der Waals surface area contributed by atoms with Gasteiger partial charge in [-0.1, -0.05) is 22.0 Å². The summed E-state index contributed by atoms with van der Waals surface area (Å²) in [6.07, 6.45) is 1.03. The van der Waals surface area contributed by atoms with Crippen LogP contribution in [0, 0.1) is 6.92 Å². The van der Waals surface area contributed by atoms with Crippen LogP contribution in [-0.2, 0) is 9.47 Å². The number of fused-ring (bicyclic) bond motifs is 2. The normalized spacial score (nSPS) is 25.8. The smallest absolute Gasteiger partial charge is 0.123 e. The van der Waals surface area contributed by atoms with Crippen molar-refractivity contribution in [2.45, 2.75) is 25.4 Å². The van der Waals surface area contributed by atoms with E-state index in [1.54, 1.807) is 0 Å². The van der Waals surface area contributed by atoms with E-state index in [-0.39, 0.29) is 0 Å². The third kappa shape index (κ3) is 3.59. The molecule has 2 saturated heterocycles. The first-order valence-electron chi connectivity index (χ1n) is 7.55. The maximum atomic E-state index is 5.91. The molecular weight excluding hydrogens is 334 g/mol. The van der Waals surface area contributed by atoms with Crippen molar-refractivity contribution < 1.29 is 14.2 Å². The van der Waals surface area contributed by atoms with Crippen LogP contribution in [0.1, 0.15) is 12.0 Å². The number of rotatable bonds is 5. The lowest BCUT2D eigenvalue weighted by Crippen LogP contribution is -2.59. The second-order valence-corrected chi connectivity index (χ2v) is 6.54. The molecule has 0 atom stereocenters. The average Bonchev–Trinajstić information content (AvgIpc) is 2.47. The van der Waals surface area contributed by atoms with E-state index in [1.807, 2.05) is 18.2 Å². The van der Waals surface area contributed by atoms with E-state index in [0.717, 1.165) is 61.8 Å². The van der Waals surface area contributed by atoms with E-state index >= 15 is 0 Å². The van der Waals surface area contributed by atoms with Crippen LogP contribution in [0.3, 0.4) is 0 Å². The number of hydrogen-bond acceptors (Lipinski definition) is 4. The summed E-state index contributed by atoms with van der Waals surface area (Å²) in [7, 11) is 0. The van der Waals surface area contributed by atoms with Crippen LogP contribution in [0.25, 0.3) is 0 Å². The average molecular weight is 356 g/mol. The van der Waals surface area contributed by atoms with Crippen molar-refractivity contribution in [1.29, 1.82) is 0 Å². The molecule has 1 aromatic carbocycles. The molecule has 2 bridgehead atoms. The lowest BCUT2D eigenvalue weighted by molar-refractivity contribution is -0.137. The Labute approximate surface area is 134 Å². The fourth-order valence-corrected chi connectivity index (χ4v) is 3.34. The molecule has 2 aliphatic heterocycles. The molecule has 0 amide bonds. The predicted octanol–water partition coefficient (Wildman–Crippen LogP) is 2.63. The highest BCUT2D eigenvalue weighted by Gasteiger charge is 2.34. The van der Waals surface area contributed by atoms with Crippen molar-refractivity contribution in [2.24, 2.45) is 0 Å². The topological polar surface area (TPSA) is 30.9 Å². The van der Waals surface area contributed by atoms with Crippen LogP contribution in [0.5, 0.6) is 5.75 Å². The van der Waals surface area contributed by atoms with Gasteiger partial charge in [-0.15, -0.1) is 0 Å². The number of nitrogens with zero attached hydrogens (tertiary/aromatic N) is 1. The van der Waals surface area contributed by atoms with Crippen molar-refractivity contribution in [3.63, 3.8) is 0 Å². The van der Waals surface area contributed by atoms with Gasteiger partial charge < -0.3 is 14.2 Å². The molecule has 0 saturated carbocycles. The standard InChI is InChI=1S/C16H22BrNO3/c1-12-15(17)4-2-5-16(12)21-7-3-6-18-13-8-19-10-14(18)11-20-9-13/h2,4-5,13-14H,3,6-11H2,1H3/t13-,14-. The van der Waals surface area contributed by atoms with Crippen molar-refractivity contribution in [3.8, 4) is 5.75 Å². The first-order valence-corrected chi connectivity index (χ1v) is 8.34. The Morgan fingerprint density at radius 3 is 2.52 bits per heavy atom. The first kappa shape index (κ1) is 15.3. The Balaban J connectivity index is 1.47. The lowest BCUT2D eigenvalue weighted by Gasteiger charge is -2.45. The third-order valence-corrected chi connectivity index (χ3v) is 5.07. The van der Waals surface area contributed by atoms with E-state index in [1.165, 1.54) is 0 Å². The molecule has 5 heteroatoms. The molecule has 0 unspecified atom stereocenters. The Morgan fingerprint density at radius 2 is 1.86 bits per heavy atom. The van der Waals surface area contributed by atoms with E-state index in [4.69, 9.17) is 14.2 Å². The molecule has 2 heterocycles. The van der Waals surface area contributed by atoms with Gasteiger partial charge in [0.15, 0.2) is 0 Å². The maximum Gasteiger partial charge on any atom is 0.123 e. The third-order valence-electron chi connectivity index (χ3n) is 4.22. The second kappa shape index (κ2) is 7.09. The van der Waals surface area contributed by atoms with Gasteiger partial charge in [-0.3, -0.25) is 4.90 Å². The van der Waals surface area contributed by atoms with Crippen LogP contribution >= 0.6 is 15.9 Å². The monoisotopic (exact) mass is 355 g/mol. The highest BCUT2D eigenvalue weighted by molar-refractivity contribution is 9.10. The molecule has 2 aliphatic rings. The summed E-state index contributed by atoms with van der Waals surface area (Å²) in [6, 6.07) is 6.92. The van der Waals surface area contributed by atoms with Crippen LogP contribution in [-0.4, -0.2) is 56.6 Å². The summed E-state index contributed by atoms with van der Waals surface area (Å²) in [5, 5.41) is 0. The highest BCUT2D eigenvalue weighted by atomic mass is 79.9. The first-order chi connectivity index (χ1) is 10.3. The van der Waals surface area contributed by atoms with Gasteiger partial charge in [0.05, 0.1) is 45.1 Å². The Bertz CT molecular complexity index is 461. The SMILES string of the molecule is Cc1c(Br)cccc1OCCCN1[C@H]2COC[C@H]1COC2. The maximum absolute atomic E-state index is 5.91. The summed E-state index contributed by atoms with van der Waals surface area (Å²) in [6.45, 7) is 7.04. The largest absolute Gasteiger partial charge is 0.493 e. The predicted molar refractivity (Wildman–Crippen MR) is 84.9 cm³/mol. The van der Waals surface area contributed by atoms with Crippen LogP contribution in [0.4, 0.5) is 0 Å². The van der Waals surface area contributed by atoms with Gasteiger partial charge in [-0.2, -0.15) is 0 Å². The van der Waals surface area contributed by atoms with Gasteiger partial charge in [-0.05, 0) is 25.5 Å². The molecule has 4 nitrogen and oxygen atoms in total. The fourth-order valence-electron chi connectivity index (χ4n) is 3.00. The number of ether oxygens (including phenoxy) is 3. The fraction of sp³-hybridized carbons (Fsp3) is 0.625. The van der Waals surface area contributed by atoms with Crippen molar-refractivity contribution in [2.75, 3.05) is 39.6 Å². The molecule has 3 rings (SSSR count).